The molecule has 1 fully saturated rings. The maximum Gasteiger partial charge on any atom is 0.416 e. The van der Waals surface area contributed by atoms with E-state index < -0.39 is 29.0 Å². The van der Waals surface area contributed by atoms with Crippen LogP contribution in [-0.2, 0) is 35.9 Å². The van der Waals surface area contributed by atoms with Crippen LogP contribution in [0.1, 0.15) is 64.2 Å². The summed E-state index contributed by atoms with van der Waals surface area (Å²) >= 11 is 9.31. The fourth-order valence-corrected chi connectivity index (χ4v) is 6.99. The van der Waals surface area contributed by atoms with Crippen molar-refractivity contribution in [3.05, 3.63) is 78.4 Å². The lowest BCUT2D eigenvalue weighted by Crippen LogP contribution is -2.50. The van der Waals surface area contributed by atoms with Crippen molar-refractivity contribution in [1.29, 1.82) is 0 Å². The smallest absolute Gasteiger partial charge is 0.416 e. The molecule has 242 valence electrons. The van der Waals surface area contributed by atoms with E-state index in [0.29, 0.717) is 61.3 Å². The fraction of sp³-hybridized carbons (Fsp3) is 0.414. The summed E-state index contributed by atoms with van der Waals surface area (Å²) in [7, 11) is 0. The molecular formula is C29H27BrClF3N8O4. The van der Waals surface area contributed by atoms with Crippen LogP contribution in [0.15, 0.2) is 34.1 Å². The number of amides is 2. The highest BCUT2D eigenvalue weighted by molar-refractivity contribution is 9.10. The molecule has 12 nitrogen and oxygen atoms in total. The highest BCUT2D eigenvalue weighted by Crippen LogP contribution is 2.44. The summed E-state index contributed by atoms with van der Waals surface area (Å²) in [6.45, 7) is 1.86. The molecule has 3 aromatic heterocycles. The van der Waals surface area contributed by atoms with Crippen LogP contribution in [0.5, 0.6) is 5.75 Å². The number of nitrogens with zero attached hydrogens (tertiary/aromatic N) is 7. The van der Waals surface area contributed by atoms with Crippen molar-refractivity contribution >= 4 is 45.1 Å². The molecule has 4 heterocycles. The Hall–Kier alpha value is -4.05. The van der Waals surface area contributed by atoms with E-state index >= 15 is 0 Å². The van der Waals surface area contributed by atoms with E-state index in [0.717, 1.165) is 23.1 Å². The third-order valence-electron chi connectivity index (χ3n) is 8.80. The lowest BCUT2D eigenvalue weighted by atomic mass is 9.66. The van der Waals surface area contributed by atoms with E-state index in [1.807, 2.05) is 0 Å². The predicted octanol–water partition coefficient (Wildman–Crippen LogP) is 3.96. The van der Waals surface area contributed by atoms with E-state index in [2.05, 4.69) is 41.3 Å². The predicted molar refractivity (Wildman–Crippen MR) is 161 cm³/mol. The van der Waals surface area contributed by atoms with E-state index in [-0.39, 0.29) is 45.6 Å². The number of halogens is 5. The first-order valence-corrected chi connectivity index (χ1v) is 15.6. The number of carbonyl (C=O) groups is 2. The number of likely N-dealkylation sites (tertiary alicyclic amines) is 1. The standard InChI is InChI=1S/C29H27BrClF3N8O4/c1-15-23(44)22(37-14-36-15)25(46)40-9-7-28(8-10-40)6-2-3-19-21(28)24(45)42-27(38-26(30)39-42)41(19)13-20(43)35-12-16-4-5-17(11-18(16)31)29(32,33)34/h4-5,11,14,44H,2-3,6-10,12-13H2,1H3,(H,35,43). The van der Waals surface area contributed by atoms with E-state index in [1.165, 1.54) is 12.4 Å². The molecule has 1 aromatic carbocycles. The number of nitrogens with one attached hydrogen (secondary N) is 1. The quantitative estimate of drug-likeness (QED) is 0.315. The van der Waals surface area contributed by atoms with Gasteiger partial charge in [-0.25, -0.2) is 9.97 Å². The minimum atomic E-state index is -4.55. The van der Waals surface area contributed by atoms with Gasteiger partial charge in [-0.1, -0.05) is 17.7 Å². The zero-order valence-corrected chi connectivity index (χ0v) is 26.7. The molecule has 6 rings (SSSR count). The summed E-state index contributed by atoms with van der Waals surface area (Å²) in [4.78, 5) is 54.3. The van der Waals surface area contributed by atoms with E-state index in [4.69, 9.17) is 11.6 Å². The summed E-state index contributed by atoms with van der Waals surface area (Å²) < 4.78 is 42.1. The Morgan fingerprint density at radius 3 is 2.61 bits per heavy atom. The van der Waals surface area contributed by atoms with Gasteiger partial charge in [-0.3, -0.25) is 14.4 Å². The van der Waals surface area contributed by atoms with Gasteiger partial charge in [0, 0.05) is 41.3 Å². The maximum absolute atomic E-state index is 14.0. The molecule has 1 aliphatic heterocycles. The van der Waals surface area contributed by atoms with Crippen molar-refractivity contribution in [3.63, 3.8) is 0 Å². The number of aromatic nitrogens is 6. The molecule has 1 spiro atoms. The van der Waals surface area contributed by atoms with Crippen LogP contribution in [0.2, 0.25) is 5.02 Å². The van der Waals surface area contributed by atoms with Crippen molar-refractivity contribution in [3.8, 4) is 5.75 Å². The van der Waals surface area contributed by atoms with Gasteiger partial charge in [-0.2, -0.15) is 22.7 Å². The Morgan fingerprint density at radius 1 is 1.17 bits per heavy atom. The first-order valence-electron chi connectivity index (χ1n) is 14.4. The average molecular weight is 724 g/mol. The fourth-order valence-electron chi connectivity index (χ4n) is 6.42. The normalized spacial score (nSPS) is 16.1. The second-order valence-corrected chi connectivity index (χ2v) is 12.6. The lowest BCUT2D eigenvalue weighted by Gasteiger charge is -2.45. The molecule has 2 aliphatic rings. The molecule has 0 bridgehead atoms. The first kappa shape index (κ1) is 31.9. The van der Waals surface area contributed by atoms with Gasteiger partial charge >= 0.3 is 6.18 Å². The first-order chi connectivity index (χ1) is 21.8. The van der Waals surface area contributed by atoms with Gasteiger partial charge in [0.2, 0.25) is 16.4 Å². The van der Waals surface area contributed by atoms with Crippen molar-refractivity contribution < 1.29 is 27.9 Å². The summed E-state index contributed by atoms with van der Waals surface area (Å²) in [6.07, 6.45) is -0.478. The minimum absolute atomic E-state index is 0.0763. The summed E-state index contributed by atoms with van der Waals surface area (Å²) in [5, 5.41) is 17.2. The van der Waals surface area contributed by atoms with E-state index in [1.54, 1.807) is 16.4 Å². The number of carbonyl (C=O) groups excluding carboxylic acids is 2. The molecule has 0 unspecified atom stereocenters. The third-order valence-corrected chi connectivity index (χ3v) is 9.49. The van der Waals surface area contributed by atoms with Crippen LogP contribution in [0.3, 0.4) is 0 Å². The topological polar surface area (TPSA) is 148 Å². The highest BCUT2D eigenvalue weighted by Gasteiger charge is 2.44. The second-order valence-electron chi connectivity index (χ2n) is 11.5. The Bertz CT molecular complexity index is 1940. The molecule has 46 heavy (non-hydrogen) atoms. The van der Waals surface area contributed by atoms with Crippen LogP contribution >= 0.6 is 27.5 Å². The largest absolute Gasteiger partial charge is 0.504 e. The van der Waals surface area contributed by atoms with Crippen LogP contribution in [0.4, 0.5) is 13.2 Å². The summed E-state index contributed by atoms with van der Waals surface area (Å²) in [5.41, 5.74) is -0.130. The molecule has 0 radical (unpaired) electrons. The molecule has 17 heteroatoms. The Kier molecular flexibility index (Phi) is 8.29. The molecule has 0 saturated carbocycles. The van der Waals surface area contributed by atoms with Gasteiger partial charge in [0.25, 0.3) is 11.5 Å². The van der Waals surface area contributed by atoms with E-state index in [9.17, 15) is 32.7 Å². The van der Waals surface area contributed by atoms with Gasteiger partial charge in [-0.05, 0) is 72.7 Å². The monoisotopic (exact) mass is 722 g/mol. The maximum atomic E-state index is 14.0. The number of piperidine rings is 1. The van der Waals surface area contributed by atoms with Crippen molar-refractivity contribution in [2.75, 3.05) is 13.1 Å². The van der Waals surface area contributed by atoms with Gasteiger partial charge < -0.3 is 19.9 Å². The van der Waals surface area contributed by atoms with Crippen molar-refractivity contribution in [2.45, 2.75) is 63.7 Å². The zero-order chi connectivity index (χ0) is 33.0. The summed E-state index contributed by atoms with van der Waals surface area (Å²) in [5.74, 6) is -0.996. The Labute approximate surface area is 272 Å². The zero-order valence-electron chi connectivity index (χ0n) is 24.4. The van der Waals surface area contributed by atoms with Crippen LogP contribution in [0.25, 0.3) is 5.78 Å². The number of benzene rings is 1. The van der Waals surface area contributed by atoms with Crippen LogP contribution < -0.4 is 10.9 Å². The Morgan fingerprint density at radius 2 is 1.91 bits per heavy atom. The summed E-state index contributed by atoms with van der Waals surface area (Å²) in [6, 6.07) is 2.93. The number of hydrogen-bond acceptors (Lipinski definition) is 8. The molecule has 2 N–H and O–H groups in total. The lowest BCUT2D eigenvalue weighted by molar-refractivity contribution is -0.137. The molecular weight excluding hydrogens is 697 g/mol. The molecule has 2 amide bonds. The number of aromatic hydroxyl groups is 1. The number of fused-ring (bicyclic) bond motifs is 3. The molecule has 4 aromatic rings. The third kappa shape index (κ3) is 5.72. The van der Waals surface area contributed by atoms with Gasteiger partial charge in [0.1, 0.15) is 12.9 Å². The van der Waals surface area contributed by atoms with Crippen molar-refractivity contribution in [2.24, 2.45) is 0 Å². The second kappa shape index (κ2) is 12.0. The minimum Gasteiger partial charge on any atom is -0.504 e. The molecule has 1 saturated heterocycles. The number of rotatable bonds is 5. The van der Waals surface area contributed by atoms with Crippen LogP contribution in [-0.4, -0.2) is 64.0 Å². The number of aryl methyl sites for hydroxylation is 1. The SMILES string of the molecule is Cc1ncnc(C(=O)N2CCC3(CCCc4c3c(=O)n3nc(Br)nc3n4CC(=O)NCc3ccc(C(F)(F)F)cc3Cl)CC2)c1O. The Balaban J connectivity index is 1.27. The van der Waals surface area contributed by atoms with Gasteiger partial charge in [-0.15, -0.1) is 5.10 Å². The number of alkyl halides is 3. The molecule has 0 atom stereocenters. The molecule has 1 aliphatic carbocycles. The highest BCUT2D eigenvalue weighted by atomic mass is 79.9. The van der Waals surface area contributed by atoms with Gasteiger partial charge in [0.05, 0.1) is 11.3 Å². The number of hydrogen-bond donors (Lipinski definition) is 2. The van der Waals surface area contributed by atoms with Crippen molar-refractivity contribution in [1.82, 2.24) is 39.3 Å². The average Bonchev–Trinajstić information content (AvgIpc) is 3.41. The van der Waals surface area contributed by atoms with Gasteiger partial charge in [0.15, 0.2) is 11.4 Å². The van der Waals surface area contributed by atoms with Crippen LogP contribution in [0, 0.1) is 6.92 Å².